The van der Waals surface area contributed by atoms with Crippen LogP contribution in [0, 0.1) is 13.8 Å². The van der Waals surface area contributed by atoms with Gasteiger partial charge in [0.1, 0.15) is 0 Å². The van der Waals surface area contributed by atoms with Crippen LogP contribution in [-0.2, 0) is 10.8 Å². The van der Waals surface area contributed by atoms with E-state index in [-0.39, 0.29) is 5.41 Å². The van der Waals surface area contributed by atoms with Gasteiger partial charge in [-0.2, -0.15) is 0 Å². The molecule has 80 heavy (non-hydrogen) atoms. The molecule has 0 heterocycles. The SMILES string of the molecule is Cc1ccccc1-c1ccccc1C(C)(C)c1ccccc1-c1ccc(N(c2ccccc2)c2ccc(-c3ccc(N(c4ccccc4)c4ccc5c(c4)C4(c6ccccc6-c6ccccc64)c4ccccc4-5)cc3)cc2)cc1C. The molecule has 382 valence electrons. The molecule has 1 spiro atoms. The molecule has 0 saturated heterocycles. The number of aryl methyl sites for hydroxylation is 2. The van der Waals surface area contributed by atoms with Gasteiger partial charge in [0.2, 0.25) is 0 Å². The van der Waals surface area contributed by atoms with Crippen LogP contribution in [0.2, 0.25) is 0 Å². The van der Waals surface area contributed by atoms with E-state index < -0.39 is 5.41 Å². The van der Waals surface area contributed by atoms with E-state index in [0.29, 0.717) is 0 Å². The molecule has 0 aromatic heterocycles. The molecular weight excluding hydrogens is 965 g/mol. The van der Waals surface area contributed by atoms with Gasteiger partial charge < -0.3 is 9.80 Å². The molecule has 2 nitrogen and oxygen atoms in total. The number of hydrogen-bond acceptors (Lipinski definition) is 2. The summed E-state index contributed by atoms with van der Waals surface area (Å²) in [6.07, 6.45) is 0. The van der Waals surface area contributed by atoms with E-state index in [2.05, 4.69) is 329 Å². The molecule has 0 bridgehead atoms. The summed E-state index contributed by atoms with van der Waals surface area (Å²) in [5.41, 5.74) is 29.0. The number of hydrogen-bond donors (Lipinski definition) is 0. The first kappa shape index (κ1) is 48.6. The Hall–Kier alpha value is -9.76. The van der Waals surface area contributed by atoms with E-state index in [0.717, 1.165) is 45.3 Å². The van der Waals surface area contributed by atoms with E-state index in [9.17, 15) is 0 Å². The summed E-state index contributed by atoms with van der Waals surface area (Å²) < 4.78 is 0. The third kappa shape index (κ3) is 7.85. The van der Waals surface area contributed by atoms with E-state index in [1.165, 1.54) is 89.0 Å². The van der Waals surface area contributed by atoms with Crippen LogP contribution >= 0.6 is 0 Å². The lowest BCUT2D eigenvalue weighted by molar-refractivity contribution is 0.644. The highest BCUT2D eigenvalue weighted by Crippen LogP contribution is 2.63. The molecule has 0 fully saturated rings. The number of benzene rings is 12. The first-order valence-electron chi connectivity index (χ1n) is 28.0. The second-order valence-electron chi connectivity index (χ2n) is 22.1. The highest BCUT2D eigenvalue weighted by molar-refractivity contribution is 5.96. The van der Waals surface area contributed by atoms with Crippen LogP contribution in [0.1, 0.15) is 58.4 Å². The molecule has 0 unspecified atom stereocenters. The number of para-hydroxylation sites is 2. The first-order valence-corrected chi connectivity index (χ1v) is 28.0. The lowest BCUT2D eigenvalue weighted by Crippen LogP contribution is -2.26. The molecule has 2 aliphatic carbocycles. The summed E-state index contributed by atoms with van der Waals surface area (Å²) in [5, 5.41) is 0. The number of nitrogens with zero attached hydrogens (tertiary/aromatic N) is 2. The smallest absolute Gasteiger partial charge is 0.0726 e. The average molecular weight is 1030 g/mol. The van der Waals surface area contributed by atoms with Gasteiger partial charge in [0.05, 0.1) is 5.41 Å². The minimum Gasteiger partial charge on any atom is -0.310 e. The Morgan fingerprint density at radius 2 is 0.575 bits per heavy atom. The average Bonchev–Trinajstić information content (AvgIpc) is 4.20. The molecule has 0 radical (unpaired) electrons. The predicted octanol–water partition coefficient (Wildman–Crippen LogP) is 20.9. The van der Waals surface area contributed by atoms with Gasteiger partial charge in [0.25, 0.3) is 0 Å². The molecule has 2 aliphatic rings. The predicted molar refractivity (Wildman–Crippen MR) is 336 cm³/mol. The second kappa shape index (κ2) is 19.6. The highest BCUT2D eigenvalue weighted by atomic mass is 15.1. The normalized spacial score (nSPS) is 12.6. The summed E-state index contributed by atoms with van der Waals surface area (Å²) in [7, 11) is 0. The minimum atomic E-state index is -0.425. The van der Waals surface area contributed by atoms with Crippen molar-refractivity contribution >= 4 is 34.1 Å². The van der Waals surface area contributed by atoms with Crippen LogP contribution in [0.3, 0.4) is 0 Å². The Labute approximate surface area is 471 Å². The number of fused-ring (bicyclic) bond motifs is 10. The molecule has 0 saturated carbocycles. The standard InChI is InChI=1S/C78H60N2/c1-53-23-11-12-28-63(53)65-29-13-18-34-71(65)77(3,4)72-35-19-14-30-66(72)64-49-47-61(51-54(64)2)79(57-24-7-5-8-25-57)59-43-39-55(40-44-59)56-41-45-60(46-42-56)80(58-26-9-6-10-27-58)62-48-50-70-69-33-17-22-38-75(69)78(76(70)52-62)73-36-20-15-31-67(73)68-32-16-21-37-74(68)78/h5-52H,1-4H3. The first-order chi connectivity index (χ1) is 39.3. The van der Waals surface area contributed by atoms with Gasteiger partial charge in [-0.05, 0) is 187 Å². The molecule has 14 rings (SSSR count). The van der Waals surface area contributed by atoms with Crippen molar-refractivity contribution < 1.29 is 0 Å². The zero-order valence-electron chi connectivity index (χ0n) is 45.6. The maximum absolute atomic E-state index is 2.47. The van der Waals surface area contributed by atoms with Crippen LogP contribution in [0.15, 0.2) is 291 Å². The maximum atomic E-state index is 2.47. The fourth-order valence-electron chi connectivity index (χ4n) is 13.5. The lowest BCUT2D eigenvalue weighted by atomic mass is 9.70. The van der Waals surface area contributed by atoms with Gasteiger partial charge in [-0.3, -0.25) is 0 Å². The van der Waals surface area contributed by atoms with Crippen LogP contribution in [0.25, 0.3) is 55.6 Å². The Morgan fingerprint density at radius 3 is 1.02 bits per heavy atom. The summed E-state index contributed by atoms with van der Waals surface area (Å²) in [6.45, 7) is 9.21. The van der Waals surface area contributed by atoms with E-state index in [1.807, 2.05) is 0 Å². The van der Waals surface area contributed by atoms with Gasteiger partial charge >= 0.3 is 0 Å². The molecule has 0 amide bonds. The Kier molecular flexibility index (Phi) is 11.9. The van der Waals surface area contributed by atoms with Crippen molar-refractivity contribution in [1.82, 2.24) is 0 Å². The largest absolute Gasteiger partial charge is 0.310 e. The van der Waals surface area contributed by atoms with Crippen molar-refractivity contribution in [3.8, 4) is 55.6 Å². The summed E-state index contributed by atoms with van der Waals surface area (Å²) >= 11 is 0. The summed E-state index contributed by atoms with van der Waals surface area (Å²) in [6, 6.07) is 108. The van der Waals surface area contributed by atoms with Crippen molar-refractivity contribution in [2.75, 3.05) is 9.80 Å². The van der Waals surface area contributed by atoms with Gasteiger partial charge in [-0.15, -0.1) is 0 Å². The summed E-state index contributed by atoms with van der Waals surface area (Å²) in [4.78, 5) is 4.78. The van der Waals surface area contributed by atoms with E-state index >= 15 is 0 Å². The zero-order valence-corrected chi connectivity index (χ0v) is 45.6. The lowest BCUT2D eigenvalue weighted by Gasteiger charge is -2.32. The monoisotopic (exact) mass is 1020 g/mol. The zero-order chi connectivity index (χ0) is 54.0. The van der Waals surface area contributed by atoms with Crippen molar-refractivity contribution in [1.29, 1.82) is 0 Å². The Balaban J connectivity index is 0.792. The minimum absolute atomic E-state index is 0.281. The second-order valence-corrected chi connectivity index (χ2v) is 22.1. The number of rotatable bonds is 11. The Morgan fingerprint density at radius 1 is 0.250 bits per heavy atom. The molecule has 2 heteroatoms. The molecular formula is C78H60N2. The third-order valence-electron chi connectivity index (χ3n) is 17.2. The van der Waals surface area contributed by atoms with Crippen molar-refractivity contribution in [3.63, 3.8) is 0 Å². The molecule has 12 aromatic rings. The van der Waals surface area contributed by atoms with Crippen LogP contribution in [-0.4, -0.2) is 0 Å². The fraction of sp³-hybridized carbons (Fsp3) is 0.0769. The van der Waals surface area contributed by atoms with E-state index in [4.69, 9.17) is 0 Å². The van der Waals surface area contributed by atoms with Gasteiger partial charge in [-0.25, -0.2) is 0 Å². The number of anilines is 6. The van der Waals surface area contributed by atoms with Crippen molar-refractivity contribution in [2.24, 2.45) is 0 Å². The molecule has 0 atom stereocenters. The Bertz CT molecular complexity index is 4220. The molecule has 0 aliphatic heterocycles. The maximum Gasteiger partial charge on any atom is 0.0726 e. The fourth-order valence-corrected chi connectivity index (χ4v) is 13.5. The van der Waals surface area contributed by atoms with Crippen molar-refractivity contribution in [3.05, 3.63) is 336 Å². The van der Waals surface area contributed by atoms with Crippen LogP contribution in [0.4, 0.5) is 34.1 Å². The van der Waals surface area contributed by atoms with Gasteiger partial charge in [-0.1, -0.05) is 232 Å². The highest BCUT2D eigenvalue weighted by Gasteiger charge is 2.51. The topological polar surface area (TPSA) is 6.48 Å². The van der Waals surface area contributed by atoms with Crippen LogP contribution in [0.5, 0.6) is 0 Å². The third-order valence-corrected chi connectivity index (χ3v) is 17.2. The molecule has 12 aromatic carbocycles. The molecule has 0 N–H and O–H groups in total. The summed E-state index contributed by atoms with van der Waals surface area (Å²) in [5.74, 6) is 0. The van der Waals surface area contributed by atoms with Gasteiger partial charge in [0.15, 0.2) is 0 Å². The van der Waals surface area contributed by atoms with Crippen LogP contribution < -0.4 is 9.80 Å². The quantitative estimate of drug-likeness (QED) is 0.127. The van der Waals surface area contributed by atoms with Crippen molar-refractivity contribution in [2.45, 2.75) is 38.5 Å². The van der Waals surface area contributed by atoms with E-state index in [1.54, 1.807) is 0 Å². The van der Waals surface area contributed by atoms with Gasteiger partial charge in [0, 0.05) is 39.5 Å².